The van der Waals surface area contributed by atoms with Crippen LogP contribution >= 0.6 is 11.6 Å². The van der Waals surface area contributed by atoms with Crippen LogP contribution in [-0.2, 0) is 20.6 Å². The monoisotopic (exact) mass is 338 g/mol. The molecule has 0 heterocycles. The maximum Gasteiger partial charge on any atom is 0.236 e. The van der Waals surface area contributed by atoms with Gasteiger partial charge in [0.15, 0.2) is 0 Å². The lowest BCUT2D eigenvalue weighted by atomic mass is 10.2. The predicted octanol–water partition coefficient (Wildman–Crippen LogP) is 3.24. The molecule has 7 heteroatoms. The largest absolute Gasteiger partial charge is 0.326 e. The van der Waals surface area contributed by atoms with Crippen LogP contribution in [0.2, 0.25) is 5.02 Å². The molecule has 0 saturated heterocycles. The fourth-order valence-electron chi connectivity index (χ4n) is 1.90. The van der Waals surface area contributed by atoms with Gasteiger partial charge >= 0.3 is 0 Å². The smallest absolute Gasteiger partial charge is 0.236 e. The van der Waals surface area contributed by atoms with Crippen LogP contribution in [0.1, 0.15) is 12.5 Å². The zero-order chi connectivity index (χ0) is 16.2. The molecule has 0 aliphatic rings. The zero-order valence-corrected chi connectivity index (χ0v) is 13.4. The predicted molar refractivity (Wildman–Crippen MR) is 88.4 cm³/mol. The Bertz CT molecular complexity index is 791. The van der Waals surface area contributed by atoms with Gasteiger partial charge in [0.05, 0.1) is 11.4 Å². The van der Waals surface area contributed by atoms with E-state index in [2.05, 4.69) is 10.0 Å². The summed E-state index contributed by atoms with van der Waals surface area (Å²) in [6.07, 6.45) is 0. The van der Waals surface area contributed by atoms with E-state index in [0.29, 0.717) is 22.0 Å². The minimum atomic E-state index is -3.60. The van der Waals surface area contributed by atoms with Crippen molar-refractivity contribution in [3.8, 4) is 0 Å². The minimum Gasteiger partial charge on any atom is -0.326 e. The minimum absolute atomic E-state index is 0.225. The maximum atomic E-state index is 12.2. The summed E-state index contributed by atoms with van der Waals surface area (Å²) in [4.78, 5) is 11.0. The summed E-state index contributed by atoms with van der Waals surface area (Å²) < 4.78 is 26.9. The van der Waals surface area contributed by atoms with Gasteiger partial charge in [-0.2, -0.15) is 0 Å². The molecule has 0 radical (unpaired) electrons. The van der Waals surface area contributed by atoms with Gasteiger partial charge in [-0.25, -0.2) is 8.42 Å². The third-order valence-electron chi connectivity index (χ3n) is 2.76. The highest BCUT2D eigenvalue weighted by Crippen LogP contribution is 2.21. The molecule has 0 bridgehead atoms. The highest BCUT2D eigenvalue weighted by molar-refractivity contribution is 7.91. The van der Waals surface area contributed by atoms with Crippen molar-refractivity contribution in [3.05, 3.63) is 59.1 Å². The number of carbonyl (C=O) groups is 1. The molecule has 2 aromatic rings. The highest BCUT2D eigenvalue weighted by atomic mass is 35.5. The summed E-state index contributed by atoms with van der Waals surface area (Å²) in [5.74, 6) is -0.451. The summed E-state index contributed by atoms with van der Waals surface area (Å²) in [7, 11) is -3.60. The molecule has 0 spiro atoms. The van der Waals surface area contributed by atoms with Gasteiger partial charge in [0.2, 0.25) is 15.9 Å². The van der Waals surface area contributed by atoms with Gasteiger partial charge in [-0.05, 0) is 29.8 Å². The number of sulfonamides is 1. The molecule has 0 fully saturated rings. The average Bonchev–Trinajstić information content (AvgIpc) is 2.40. The lowest BCUT2D eigenvalue weighted by Crippen LogP contribution is -2.15. The zero-order valence-electron chi connectivity index (χ0n) is 11.8. The summed E-state index contributed by atoms with van der Waals surface area (Å²) >= 11 is 5.98. The van der Waals surface area contributed by atoms with E-state index in [0.717, 1.165) is 0 Å². The summed E-state index contributed by atoms with van der Waals surface area (Å²) in [5, 5.41) is 3.00. The Morgan fingerprint density at radius 2 is 1.77 bits per heavy atom. The van der Waals surface area contributed by atoms with E-state index in [1.54, 1.807) is 48.5 Å². The molecule has 1 amide bonds. The molecule has 0 unspecified atom stereocenters. The Morgan fingerprint density at radius 3 is 2.45 bits per heavy atom. The number of benzene rings is 2. The van der Waals surface area contributed by atoms with Crippen LogP contribution in [0.15, 0.2) is 48.5 Å². The van der Waals surface area contributed by atoms with E-state index in [1.807, 2.05) is 0 Å². The van der Waals surface area contributed by atoms with Gasteiger partial charge in [0, 0.05) is 17.6 Å². The lowest BCUT2D eigenvalue weighted by molar-refractivity contribution is -0.114. The first kappa shape index (κ1) is 16.3. The van der Waals surface area contributed by atoms with Crippen LogP contribution in [0.25, 0.3) is 0 Å². The summed E-state index contributed by atoms with van der Waals surface area (Å²) in [5.41, 5.74) is 1.42. The van der Waals surface area contributed by atoms with Crippen molar-refractivity contribution in [1.82, 2.24) is 0 Å². The van der Waals surface area contributed by atoms with E-state index in [9.17, 15) is 13.2 Å². The molecule has 5 nitrogen and oxygen atoms in total. The van der Waals surface area contributed by atoms with Crippen molar-refractivity contribution in [2.75, 3.05) is 10.0 Å². The number of hydrogen-bond donors (Lipinski definition) is 2. The SMILES string of the molecule is CC(=O)Nc1cccc(NS(=O)(=O)Cc2ccccc2Cl)c1. The van der Waals surface area contributed by atoms with Gasteiger partial charge in [-0.15, -0.1) is 0 Å². The van der Waals surface area contributed by atoms with Crippen molar-refractivity contribution in [3.63, 3.8) is 0 Å². The number of halogens is 1. The summed E-state index contributed by atoms with van der Waals surface area (Å²) in [6, 6.07) is 13.3. The fourth-order valence-corrected chi connectivity index (χ4v) is 3.40. The van der Waals surface area contributed by atoms with Gasteiger partial charge in [0.1, 0.15) is 0 Å². The standard InChI is InChI=1S/C15H15ClN2O3S/c1-11(19)17-13-6-4-7-14(9-13)18-22(20,21)10-12-5-2-3-8-15(12)16/h2-9,18H,10H2,1H3,(H,17,19). The fraction of sp³-hybridized carbons (Fsp3) is 0.133. The van der Waals surface area contributed by atoms with E-state index < -0.39 is 10.0 Å². The van der Waals surface area contributed by atoms with E-state index in [-0.39, 0.29) is 11.7 Å². The van der Waals surface area contributed by atoms with E-state index in [1.165, 1.54) is 6.92 Å². The Hall–Kier alpha value is -2.05. The number of rotatable bonds is 5. The molecule has 2 aromatic carbocycles. The van der Waals surface area contributed by atoms with Crippen molar-refractivity contribution < 1.29 is 13.2 Å². The van der Waals surface area contributed by atoms with Crippen LogP contribution in [-0.4, -0.2) is 14.3 Å². The number of anilines is 2. The Kier molecular flexibility index (Phi) is 5.05. The van der Waals surface area contributed by atoms with Crippen LogP contribution in [0.4, 0.5) is 11.4 Å². The molecule has 2 N–H and O–H groups in total. The summed E-state index contributed by atoms with van der Waals surface area (Å²) in [6.45, 7) is 1.38. The number of hydrogen-bond acceptors (Lipinski definition) is 3. The van der Waals surface area contributed by atoms with Crippen molar-refractivity contribution in [2.45, 2.75) is 12.7 Å². The van der Waals surface area contributed by atoms with Gasteiger partial charge in [-0.3, -0.25) is 9.52 Å². The third-order valence-corrected chi connectivity index (χ3v) is 4.37. The first-order valence-electron chi connectivity index (χ1n) is 6.47. The second-order valence-corrected chi connectivity index (χ2v) is 6.84. The molecule has 0 aliphatic heterocycles. The topological polar surface area (TPSA) is 75.3 Å². The molecule has 0 saturated carbocycles. The quantitative estimate of drug-likeness (QED) is 0.878. The van der Waals surface area contributed by atoms with E-state index in [4.69, 9.17) is 11.6 Å². The van der Waals surface area contributed by atoms with Crippen LogP contribution < -0.4 is 10.0 Å². The normalized spacial score (nSPS) is 11.0. The number of carbonyl (C=O) groups excluding carboxylic acids is 1. The molecule has 2 rings (SSSR count). The third kappa shape index (κ3) is 4.75. The molecular formula is C15H15ClN2O3S. The Morgan fingerprint density at radius 1 is 1.09 bits per heavy atom. The molecule has 22 heavy (non-hydrogen) atoms. The van der Waals surface area contributed by atoms with Crippen molar-refractivity contribution >= 4 is 38.9 Å². The molecule has 0 atom stereocenters. The van der Waals surface area contributed by atoms with Crippen LogP contribution in [0.5, 0.6) is 0 Å². The molecule has 116 valence electrons. The van der Waals surface area contributed by atoms with Crippen molar-refractivity contribution in [2.24, 2.45) is 0 Å². The Balaban J connectivity index is 2.15. The van der Waals surface area contributed by atoms with Crippen molar-refractivity contribution in [1.29, 1.82) is 0 Å². The van der Waals surface area contributed by atoms with Gasteiger partial charge < -0.3 is 5.32 Å². The maximum absolute atomic E-state index is 12.2. The number of amides is 1. The molecule has 0 aromatic heterocycles. The van der Waals surface area contributed by atoms with Crippen LogP contribution in [0.3, 0.4) is 0 Å². The Labute approximate surface area is 134 Å². The first-order valence-corrected chi connectivity index (χ1v) is 8.50. The molecule has 0 aliphatic carbocycles. The first-order chi connectivity index (χ1) is 10.4. The van der Waals surface area contributed by atoms with Gasteiger partial charge in [0.25, 0.3) is 0 Å². The highest BCUT2D eigenvalue weighted by Gasteiger charge is 2.14. The molecular weight excluding hydrogens is 324 g/mol. The lowest BCUT2D eigenvalue weighted by Gasteiger charge is -2.10. The second kappa shape index (κ2) is 6.81. The van der Waals surface area contributed by atoms with Gasteiger partial charge in [-0.1, -0.05) is 35.9 Å². The second-order valence-electron chi connectivity index (χ2n) is 4.71. The van der Waals surface area contributed by atoms with E-state index >= 15 is 0 Å². The van der Waals surface area contributed by atoms with Crippen LogP contribution in [0, 0.1) is 0 Å². The number of nitrogens with one attached hydrogen (secondary N) is 2. The average molecular weight is 339 g/mol.